The second kappa shape index (κ2) is 12.1. The van der Waals surface area contributed by atoms with E-state index in [1.54, 1.807) is 67.8 Å². The second-order valence-corrected chi connectivity index (χ2v) is 10.3. The number of nitrogens with zero attached hydrogens (tertiary/aromatic N) is 1. The van der Waals surface area contributed by atoms with Crippen LogP contribution in [0.4, 0.5) is 0 Å². The Morgan fingerprint density at radius 2 is 1.66 bits per heavy atom. The van der Waals surface area contributed by atoms with Crippen LogP contribution in [0.25, 0.3) is 10.2 Å². The SMILES string of the molecule is CCOC(=O)C(C)(C)Oc1cccc(OCCCCn2c(=O)sc3cc(C(=O)c4ccccc4)ccc32)c1. The highest BCUT2D eigenvalue weighted by atomic mass is 32.1. The predicted molar refractivity (Wildman–Crippen MR) is 148 cm³/mol. The van der Waals surface area contributed by atoms with Crippen LogP contribution in [-0.2, 0) is 16.1 Å². The highest BCUT2D eigenvalue weighted by molar-refractivity contribution is 7.16. The van der Waals surface area contributed by atoms with E-state index in [1.165, 1.54) is 0 Å². The molecule has 1 heterocycles. The van der Waals surface area contributed by atoms with Gasteiger partial charge in [0.2, 0.25) is 0 Å². The molecule has 8 heteroatoms. The van der Waals surface area contributed by atoms with Gasteiger partial charge in [0.15, 0.2) is 11.4 Å². The number of benzene rings is 3. The maximum absolute atomic E-state index is 12.8. The fraction of sp³-hybridized carbons (Fsp3) is 0.300. The molecule has 7 nitrogen and oxygen atoms in total. The third kappa shape index (κ3) is 6.50. The lowest BCUT2D eigenvalue weighted by Gasteiger charge is -2.24. The number of unbranched alkanes of at least 4 members (excludes halogenated alkanes) is 1. The first-order chi connectivity index (χ1) is 18.3. The zero-order valence-electron chi connectivity index (χ0n) is 21.8. The summed E-state index contributed by atoms with van der Waals surface area (Å²) in [6.07, 6.45) is 1.50. The summed E-state index contributed by atoms with van der Waals surface area (Å²) in [4.78, 5) is 37.4. The fourth-order valence-corrected chi connectivity index (χ4v) is 4.96. The molecule has 0 fully saturated rings. The smallest absolute Gasteiger partial charge is 0.349 e. The van der Waals surface area contributed by atoms with Crippen LogP contribution in [-0.4, -0.2) is 35.1 Å². The number of thiazole rings is 1. The zero-order valence-corrected chi connectivity index (χ0v) is 22.6. The van der Waals surface area contributed by atoms with E-state index < -0.39 is 11.6 Å². The van der Waals surface area contributed by atoms with E-state index >= 15 is 0 Å². The summed E-state index contributed by atoms with van der Waals surface area (Å²) in [7, 11) is 0. The van der Waals surface area contributed by atoms with Crippen molar-refractivity contribution >= 4 is 33.3 Å². The summed E-state index contributed by atoms with van der Waals surface area (Å²) in [5.41, 5.74) is 0.918. The number of aryl methyl sites for hydroxylation is 1. The van der Waals surface area contributed by atoms with Crippen LogP contribution in [0, 0.1) is 0 Å². The molecular formula is C30H31NO6S. The van der Waals surface area contributed by atoms with E-state index in [-0.39, 0.29) is 17.3 Å². The largest absolute Gasteiger partial charge is 0.493 e. The van der Waals surface area contributed by atoms with Gasteiger partial charge in [-0.05, 0) is 63.9 Å². The third-order valence-electron chi connectivity index (χ3n) is 5.96. The van der Waals surface area contributed by atoms with Gasteiger partial charge in [0.05, 0.1) is 23.4 Å². The van der Waals surface area contributed by atoms with Gasteiger partial charge in [-0.3, -0.25) is 14.2 Å². The second-order valence-electron chi connectivity index (χ2n) is 9.26. The molecule has 0 N–H and O–H groups in total. The molecule has 4 aromatic rings. The molecule has 0 radical (unpaired) electrons. The lowest BCUT2D eigenvalue weighted by atomic mass is 10.0. The summed E-state index contributed by atoms with van der Waals surface area (Å²) >= 11 is 1.15. The van der Waals surface area contributed by atoms with Gasteiger partial charge in [0.1, 0.15) is 11.5 Å². The van der Waals surface area contributed by atoms with Gasteiger partial charge in [-0.2, -0.15) is 0 Å². The summed E-state index contributed by atoms with van der Waals surface area (Å²) < 4.78 is 19.3. The molecule has 198 valence electrons. The molecule has 0 aliphatic rings. The van der Waals surface area contributed by atoms with Crippen molar-refractivity contribution in [1.29, 1.82) is 0 Å². The van der Waals surface area contributed by atoms with Gasteiger partial charge in [0.25, 0.3) is 0 Å². The maximum Gasteiger partial charge on any atom is 0.349 e. The molecule has 38 heavy (non-hydrogen) atoms. The lowest BCUT2D eigenvalue weighted by Crippen LogP contribution is -2.39. The Morgan fingerprint density at radius 1 is 0.895 bits per heavy atom. The molecule has 0 saturated heterocycles. The number of ether oxygens (including phenoxy) is 3. The van der Waals surface area contributed by atoms with E-state index in [0.717, 1.165) is 34.4 Å². The van der Waals surface area contributed by atoms with Crippen LogP contribution in [0.1, 0.15) is 49.5 Å². The van der Waals surface area contributed by atoms with E-state index in [2.05, 4.69) is 0 Å². The number of esters is 1. The Hall–Kier alpha value is -3.91. The minimum atomic E-state index is -1.11. The van der Waals surface area contributed by atoms with Crippen LogP contribution in [0.15, 0.2) is 77.6 Å². The van der Waals surface area contributed by atoms with E-state index in [1.807, 2.05) is 30.3 Å². The zero-order chi connectivity index (χ0) is 27.1. The van der Waals surface area contributed by atoms with E-state index in [4.69, 9.17) is 14.2 Å². The minimum Gasteiger partial charge on any atom is -0.493 e. The number of ketones is 1. The van der Waals surface area contributed by atoms with Crippen molar-refractivity contribution in [3.05, 3.63) is 93.6 Å². The fourth-order valence-electron chi connectivity index (χ4n) is 4.01. The Labute approximate surface area is 225 Å². The molecular weight excluding hydrogens is 502 g/mol. The topological polar surface area (TPSA) is 83.8 Å². The number of fused-ring (bicyclic) bond motifs is 1. The first-order valence-corrected chi connectivity index (χ1v) is 13.4. The highest BCUT2D eigenvalue weighted by Gasteiger charge is 2.31. The van der Waals surface area contributed by atoms with Crippen molar-refractivity contribution < 1.29 is 23.8 Å². The van der Waals surface area contributed by atoms with Gasteiger partial charge in [0, 0.05) is 23.7 Å². The maximum atomic E-state index is 12.8. The van der Waals surface area contributed by atoms with Crippen molar-refractivity contribution in [3.8, 4) is 11.5 Å². The molecule has 0 bridgehead atoms. The monoisotopic (exact) mass is 533 g/mol. The van der Waals surface area contributed by atoms with Crippen molar-refractivity contribution in [1.82, 2.24) is 4.57 Å². The van der Waals surface area contributed by atoms with Crippen molar-refractivity contribution in [3.63, 3.8) is 0 Å². The van der Waals surface area contributed by atoms with Gasteiger partial charge >= 0.3 is 10.8 Å². The molecule has 0 saturated carbocycles. The Morgan fingerprint density at radius 3 is 2.42 bits per heavy atom. The van der Waals surface area contributed by atoms with Crippen LogP contribution < -0.4 is 14.3 Å². The minimum absolute atomic E-state index is 0.0423. The van der Waals surface area contributed by atoms with E-state index in [0.29, 0.717) is 35.8 Å². The van der Waals surface area contributed by atoms with Crippen molar-refractivity contribution in [2.45, 2.75) is 45.8 Å². The first kappa shape index (κ1) is 27.1. The number of carbonyl (C=O) groups is 2. The first-order valence-electron chi connectivity index (χ1n) is 12.6. The number of hydrogen-bond donors (Lipinski definition) is 0. The summed E-state index contributed by atoms with van der Waals surface area (Å²) in [5.74, 6) is 0.662. The molecule has 0 amide bonds. The third-order valence-corrected chi connectivity index (χ3v) is 6.90. The average Bonchev–Trinajstić information content (AvgIpc) is 3.22. The normalized spacial score (nSPS) is 11.3. The van der Waals surface area contributed by atoms with Crippen LogP contribution in [0.2, 0.25) is 0 Å². The van der Waals surface area contributed by atoms with Crippen LogP contribution >= 0.6 is 11.3 Å². The van der Waals surface area contributed by atoms with Crippen molar-refractivity contribution in [2.75, 3.05) is 13.2 Å². The highest BCUT2D eigenvalue weighted by Crippen LogP contribution is 2.25. The molecule has 0 atom stereocenters. The number of aromatic nitrogens is 1. The lowest BCUT2D eigenvalue weighted by molar-refractivity contribution is -0.158. The molecule has 0 aliphatic carbocycles. The molecule has 0 spiro atoms. The Balaban J connectivity index is 1.31. The number of carbonyl (C=O) groups excluding carboxylic acids is 2. The summed E-state index contributed by atoms with van der Waals surface area (Å²) in [6.45, 7) is 6.40. The van der Waals surface area contributed by atoms with Gasteiger partial charge < -0.3 is 14.2 Å². The molecule has 4 rings (SSSR count). The molecule has 3 aromatic carbocycles. The molecule has 0 aliphatic heterocycles. The van der Waals surface area contributed by atoms with Gasteiger partial charge in [-0.15, -0.1) is 0 Å². The quantitative estimate of drug-likeness (QED) is 0.129. The van der Waals surface area contributed by atoms with Crippen LogP contribution in [0.5, 0.6) is 11.5 Å². The standard InChI is InChI=1S/C30H31NO6S/c1-4-35-28(33)30(2,3)37-24-14-10-13-23(20-24)36-18-9-8-17-31-25-16-15-22(19-26(25)38-29(31)34)27(32)21-11-6-5-7-12-21/h5-7,10-16,19-20H,4,8-9,17-18H2,1-3H3. The average molecular weight is 534 g/mol. The van der Waals surface area contributed by atoms with Crippen molar-refractivity contribution in [2.24, 2.45) is 0 Å². The summed E-state index contributed by atoms with van der Waals surface area (Å²) in [5, 5.41) is 0. The number of hydrogen-bond acceptors (Lipinski definition) is 7. The molecule has 1 aromatic heterocycles. The van der Waals surface area contributed by atoms with Gasteiger partial charge in [-0.1, -0.05) is 47.7 Å². The Kier molecular flexibility index (Phi) is 8.63. The van der Waals surface area contributed by atoms with E-state index in [9.17, 15) is 14.4 Å². The summed E-state index contributed by atoms with van der Waals surface area (Å²) in [6, 6.07) is 21.7. The Bertz CT molecular complexity index is 1470. The molecule has 0 unspecified atom stereocenters. The van der Waals surface area contributed by atoms with Gasteiger partial charge in [-0.25, -0.2) is 4.79 Å². The predicted octanol–water partition coefficient (Wildman–Crippen LogP) is 5.87. The number of rotatable bonds is 12. The van der Waals surface area contributed by atoms with Crippen LogP contribution in [0.3, 0.4) is 0 Å².